The molecule has 2 N–H and O–H groups in total. The summed E-state index contributed by atoms with van der Waals surface area (Å²) in [7, 11) is 0. The maximum absolute atomic E-state index is 11.7. The molecular formula is C12H9NO5. The summed E-state index contributed by atoms with van der Waals surface area (Å²) in [6, 6.07) is 3.31. The highest BCUT2D eigenvalue weighted by molar-refractivity contribution is 5.96. The van der Waals surface area contributed by atoms with Gasteiger partial charge in [0.25, 0.3) is 5.56 Å². The molecule has 0 saturated heterocycles. The van der Waals surface area contributed by atoms with Gasteiger partial charge in [0.05, 0.1) is 5.52 Å². The molecule has 1 aliphatic heterocycles. The van der Waals surface area contributed by atoms with E-state index in [1.165, 1.54) is 0 Å². The van der Waals surface area contributed by atoms with Crippen LogP contribution in [0.25, 0.3) is 10.9 Å². The van der Waals surface area contributed by atoms with Crippen molar-refractivity contribution < 1.29 is 19.4 Å². The Hall–Kier alpha value is -2.50. The van der Waals surface area contributed by atoms with Crippen LogP contribution in [0, 0.1) is 6.92 Å². The minimum absolute atomic E-state index is 0.126. The quantitative estimate of drug-likeness (QED) is 0.792. The van der Waals surface area contributed by atoms with Crippen molar-refractivity contribution in [3.8, 4) is 11.5 Å². The smallest absolute Gasteiger partial charge is 0.341 e. The molecule has 18 heavy (non-hydrogen) atoms. The zero-order chi connectivity index (χ0) is 12.9. The van der Waals surface area contributed by atoms with E-state index < -0.39 is 11.5 Å². The lowest BCUT2D eigenvalue weighted by molar-refractivity contribution is 0.0694. The molecule has 3 rings (SSSR count). The lowest BCUT2D eigenvalue weighted by Crippen LogP contribution is -2.19. The Morgan fingerprint density at radius 2 is 2.00 bits per heavy atom. The number of nitrogens with one attached hydrogen (secondary N) is 1. The number of aromatic carboxylic acids is 1. The van der Waals surface area contributed by atoms with Crippen molar-refractivity contribution in [1.29, 1.82) is 0 Å². The topological polar surface area (TPSA) is 88.6 Å². The van der Waals surface area contributed by atoms with Gasteiger partial charge in [0.2, 0.25) is 6.79 Å². The first-order chi connectivity index (χ1) is 8.58. The third-order valence-electron chi connectivity index (χ3n) is 2.98. The lowest BCUT2D eigenvalue weighted by Gasteiger charge is -2.06. The summed E-state index contributed by atoms with van der Waals surface area (Å²) in [5.41, 5.74) is 0.0824. The van der Waals surface area contributed by atoms with E-state index in [1.807, 2.05) is 0 Å². The zero-order valence-electron chi connectivity index (χ0n) is 9.44. The molecule has 0 aliphatic carbocycles. The highest BCUT2D eigenvalue weighted by atomic mass is 16.7. The second-order valence-corrected chi connectivity index (χ2v) is 4.01. The molecule has 2 aromatic rings. The van der Waals surface area contributed by atoms with Crippen LogP contribution in [0.5, 0.6) is 11.5 Å². The Bertz CT molecular complexity index is 731. The van der Waals surface area contributed by atoms with Gasteiger partial charge in [-0.2, -0.15) is 0 Å². The predicted octanol–water partition coefficient (Wildman–Crippen LogP) is 1.26. The minimum atomic E-state index is -1.24. The van der Waals surface area contributed by atoms with Crippen LogP contribution >= 0.6 is 0 Å². The van der Waals surface area contributed by atoms with Crippen molar-refractivity contribution >= 4 is 16.9 Å². The third kappa shape index (κ3) is 1.35. The van der Waals surface area contributed by atoms with Crippen LogP contribution in [0.3, 0.4) is 0 Å². The molecule has 0 fully saturated rings. The summed E-state index contributed by atoms with van der Waals surface area (Å²) in [6.07, 6.45) is 0. The van der Waals surface area contributed by atoms with Crippen molar-refractivity contribution in [2.24, 2.45) is 0 Å². The van der Waals surface area contributed by atoms with E-state index in [1.54, 1.807) is 19.1 Å². The number of aryl methyl sites for hydroxylation is 1. The van der Waals surface area contributed by atoms with Gasteiger partial charge in [-0.25, -0.2) is 4.79 Å². The number of carbonyl (C=O) groups is 1. The van der Waals surface area contributed by atoms with Gasteiger partial charge in [0.1, 0.15) is 5.56 Å². The number of aromatic nitrogens is 1. The first-order valence-corrected chi connectivity index (χ1v) is 5.27. The molecule has 0 saturated carbocycles. The predicted molar refractivity (Wildman–Crippen MR) is 62.4 cm³/mol. The second-order valence-electron chi connectivity index (χ2n) is 4.01. The molecule has 2 heterocycles. The number of hydrogen-bond donors (Lipinski definition) is 2. The average molecular weight is 247 g/mol. The fourth-order valence-corrected chi connectivity index (χ4v) is 2.10. The number of benzene rings is 1. The molecule has 92 valence electrons. The zero-order valence-corrected chi connectivity index (χ0v) is 9.44. The van der Waals surface area contributed by atoms with Crippen molar-refractivity contribution in [2.75, 3.05) is 6.79 Å². The van der Waals surface area contributed by atoms with Gasteiger partial charge < -0.3 is 19.6 Å². The van der Waals surface area contributed by atoms with E-state index in [2.05, 4.69) is 4.98 Å². The fourth-order valence-electron chi connectivity index (χ4n) is 2.10. The first kappa shape index (κ1) is 10.6. The molecule has 6 heteroatoms. The van der Waals surface area contributed by atoms with Gasteiger partial charge in [-0.15, -0.1) is 0 Å². The number of fused-ring (bicyclic) bond motifs is 2. The molecule has 0 atom stereocenters. The number of H-pyrrole nitrogens is 1. The molecular weight excluding hydrogens is 238 g/mol. The Morgan fingerprint density at radius 1 is 1.33 bits per heavy atom. The standard InChI is InChI=1S/C12H9NO5/c1-5-6-2-8-9(18-4-17-8)3-7(6)13-11(14)10(5)12(15)16/h2-3H,4H2,1H3,(H,13,14)(H,15,16). The van der Waals surface area contributed by atoms with Crippen molar-refractivity contribution in [1.82, 2.24) is 4.98 Å². The summed E-state index contributed by atoms with van der Waals surface area (Å²) >= 11 is 0. The highest BCUT2D eigenvalue weighted by Gasteiger charge is 2.20. The van der Waals surface area contributed by atoms with Gasteiger partial charge in [-0.05, 0) is 18.6 Å². The molecule has 0 unspecified atom stereocenters. The first-order valence-electron chi connectivity index (χ1n) is 5.27. The number of carboxylic acids is 1. The maximum atomic E-state index is 11.7. The molecule has 0 bridgehead atoms. The largest absolute Gasteiger partial charge is 0.477 e. The van der Waals surface area contributed by atoms with Crippen molar-refractivity contribution in [3.05, 3.63) is 33.6 Å². The van der Waals surface area contributed by atoms with Crippen LogP contribution in [0.1, 0.15) is 15.9 Å². The number of ether oxygens (including phenoxy) is 2. The molecule has 1 aromatic carbocycles. The summed E-state index contributed by atoms with van der Waals surface area (Å²) in [6.45, 7) is 1.73. The Kier molecular flexibility index (Phi) is 2.07. The average Bonchev–Trinajstić information content (AvgIpc) is 2.73. The normalized spacial score (nSPS) is 12.9. The molecule has 1 aromatic heterocycles. The van der Waals surface area contributed by atoms with Gasteiger partial charge in [-0.3, -0.25) is 4.79 Å². The van der Waals surface area contributed by atoms with Crippen LogP contribution < -0.4 is 15.0 Å². The van der Waals surface area contributed by atoms with E-state index in [4.69, 9.17) is 14.6 Å². The van der Waals surface area contributed by atoms with E-state index in [-0.39, 0.29) is 12.4 Å². The molecule has 0 spiro atoms. The van der Waals surface area contributed by atoms with Crippen LogP contribution in [0.4, 0.5) is 0 Å². The Labute approximate surface area is 101 Å². The van der Waals surface area contributed by atoms with Crippen LogP contribution in [0.2, 0.25) is 0 Å². The maximum Gasteiger partial charge on any atom is 0.341 e. The fraction of sp³-hybridized carbons (Fsp3) is 0.167. The summed E-state index contributed by atoms with van der Waals surface area (Å²) in [4.78, 5) is 25.3. The van der Waals surface area contributed by atoms with Gasteiger partial charge in [-0.1, -0.05) is 0 Å². The van der Waals surface area contributed by atoms with Crippen molar-refractivity contribution in [3.63, 3.8) is 0 Å². The summed E-state index contributed by atoms with van der Waals surface area (Å²) in [5.74, 6) is -0.150. The SMILES string of the molecule is Cc1c(C(=O)O)c(=O)[nH]c2cc3c(cc12)OCO3. The van der Waals surface area contributed by atoms with E-state index in [0.717, 1.165) is 0 Å². The number of pyridine rings is 1. The molecule has 6 nitrogen and oxygen atoms in total. The number of rotatable bonds is 1. The van der Waals surface area contributed by atoms with Crippen LogP contribution in [0.15, 0.2) is 16.9 Å². The summed E-state index contributed by atoms with van der Waals surface area (Å²) < 4.78 is 10.4. The Morgan fingerprint density at radius 3 is 2.67 bits per heavy atom. The van der Waals surface area contributed by atoms with Crippen LogP contribution in [-0.4, -0.2) is 22.9 Å². The van der Waals surface area contributed by atoms with E-state index in [9.17, 15) is 9.59 Å². The lowest BCUT2D eigenvalue weighted by atomic mass is 10.0. The van der Waals surface area contributed by atoms with Crippen LogP contribution in [-0.2, 0) is 0 Å². The Balaban J connectivity index is 2.42. The minimum Gasteiger partial charge on any atom is -0.477 e. The molecule has 0 amide bonds. The number of carboxylic acid groups (broad SMARTS) is 1. The monoisotopic (exact) mass is 247 g/mol. The number of hydrogen-bond acceptors (Lipinski definition) is 4. The second kappa shape index (κ2) is 3.49. The van der Waals surface area contributed by atoms with Gasteiger partial charge in [0.15, 0.2) is 11.5 Å². The highest BCUT2D eigenvalue weighted by Crippen LogP contribution is 2.36. The van der Waals surface area contributed by atoms with E-state index in [0.29, 0.717) is 28.0 Å². The van der Waals surface area contributed by atoms with Gasteiger partial charge in [0, 0.05) is 11.5 Å². The molecule has 1 aliphatic rings. The van der Waals surface area contributed by atoms with Crippen molar-refractivity contribution in [2.45, 2.75) is 6.92 Å². The van der Waals surface area contributed by atoms with Gasteiger partial charge >= 0.3 is 5.97 Å². The number of aromatic amines is 1. The van der Waals surface area contributed by atoms with E-state index >= 15 is 0 Å². The third-order valence-corrected chi connectivity index (χ3v) is 2.98. The molecule has 0 radical (unpaired) electrons. The summed E-state index contributed by atoms with van der Waals surface area (Å²) in [5, 5.41) is 9.66.